The Morgan fingerprint density at radius 2 is 1.81 bits per heavy atom. The van der Waals surface area contributed by atoms with Crippen LogP contribution in [-0.2, 0) is 0 Å². The fourth-order valence-corrected chi connectivity index (χ4v) is 3.26. The Bertz CT molecular complexity index is 1430. The second kappa shape index (κ2) is 8.25. The normalized spacial score (nSPS) is 11.3. The number of benzene rings is 3. The van der Waals surface area contributed by atoms with Crippen LogP contribution >= 0.6 is 23.2 Å². The number of aliphatic imine (C=N–C) groups is 1. The summed E-state index contributed by atoms with van der Waals surface area (Å²) in [6, 6.07) is 11.3. The second-order valence-electron chi connectivity index (χ2n) is 6.47. The summed E-state index contributed by atoms with van der Waals surface area (Å²) in [5.74, 6) is -0.481. The van der Waals surface area contributed by atoms with E-state index in [1.165, 1.54) is 0 Å². The van der Waals surface area contributed by atoms with E-state index in [0.717, 1.165) is 12.3 Å². The lowest BCUT2D eigenvalue weighted by molar-refractivity contribution is -0.394. The molecule has 0 aliphatic carbocycles. The second-order valence-corrected chi connectivity index (χ2v) is 7.31. The minimum absolute atomic E-state index is 0.183. The predicted molar refractivity (Wildman–Crippen MR) is 118 cm³/mol. The molecule has 10 nitrogen and oxygen atoms in total. The number of non-ortho nitro benzene ring substituents is 1. The van der Waals surface area contributed by atoms with Gasteiger partial charge in [0.1, 0.15) is 5.52 Å². The third kappa shape index (κ3) is 4.09. The average molecular weight is 473 g/mol. The molecule has 0 radical (unpaired) electrons. The molecule has 4 rings (SSSR count). The zero-order valence-corrected chi connectivity index (χ0v) is 17.2. The quantitative estimate of drug-likeness (QED) is 0.210. The van der Waals surface area contributed by atoms with Crippen molar-refractivity contribution < 1.29 is 19.4 Å². The Hall–Kier alpha value is -4.02. The van der Waals surface area contributed by atoms with Crippen LogP contribution in [0.15, 0.2) is 57.9 Å². The molecule has 12 heteroatoms. The van der Waals surface area contributed by atoms with E-state index in [4.69, 9.17) is 27.6 Å². The van der Waals surface area contributed by atoms with Crippen LogP contribution in [0, 0.1) is 20.2 Å². The number of rotatable bonds is 5. The van der Waals surface area contributed by atoms with Crippen LogP contribution in [0.2, 0.25) is 10.0 Å². The molecule has 0 unspecified atom stereocenters. The predicted octanol–water partition coefficient (Wildman–Crippen LogP) is 6.07. The van der Waals surface area contributed by atoms with Crippen molar-refractivity contribution in [1.29, 1.82) is 0 Å². The van der Waals surface area contributed by atoms with Crippen molar-refractivity contribution >= 4 is 57.6 Å². The van der Waals surface area contributed by atoms with Crippen LogP contribution in [0.5, 0.6) is 5.75 Å². The standard InChI is InChI=1S/C20H10Cl2N4O6/c21-11-1-3-15(22)14(6-11)20-24-16-7-12(2-4-18(16)32-20)23-9-10-5-13(25(28)29)8-17(19(10)27)26(30)31/h1-9,27H. The fraction of sp³-hybridized carbons (Fsp3) is 0. The highest BCUT2D eigenvalue weighted by Gasteiger charge is 2.23. The van der Waals surface area contributed by atoms with Gasteiger partial charge in [-0.1, -0.05) is 23.2 Å². The molecule has 4 aromatic rings. The van der Waals surface area contributed by atoms with E-state index in [1.807, 2.05) is 0 Å². The number of nitro benzene ring substituents is 2. The number of nitro groups is 2. The third-order valence-electron chi connectivity index (χ3n) is 4.39. The molecular formula is C20H10Cl2N4O6. The molecule has 0 atom stereocenters. The van der Waals surface area contributed by atoms with Crippen molar-refractivity contribution in [2.75, 3.05) is 0 Å². The summed E-state index contributed by atoms with van der Waals surface area (Å²) >= 11 is 12.2. The number of halogens is 2. The van der Waals surface area contributed by atoms with E-state index in [2.05, 4.69) is 9.98 Å². The first kappa shape index (κ1) is 21.2. The maximum atomic E-state index is 11.1. The van der Waals surface area contributed by atoms with Crippen LogP contribution in [0.4, 0.5) is 17.1 Å². The number of aromatic hydroxyl groups is 1. The van der Waals surface area contributed by atoms with Gasteiger partial charge in [-0.05, 0) is 36.4 Å². The Morgan fingerprint density at radius 3 is 2.53 bits per heavy atom. The van der Waals surface area contributed by atoms with E-state index < -0.39 is 27.0 Å². The smallest absolute Gasteiger partial charge is 0.318 e. The maximum absolute atomic E-state index is 11.1. The molecule has 0 spiro atoms. The fourth-order valence-electron chi connectivity index (χ4n) is 2.89. The number of hydrogen-bond donors (Lipinski definition) is 1. The Balaban J connectivity index is 1.72. The topological polar surface area (TPSA) is 145 Å². The first-order chi connectivity index (χ1) is 15.2. The lowest BCUT2D eigenvalue weighted by Gasteiger charge is -2.01. The van der Waals surface area contributed by atoms with Crippen LogP contribution in [-0.4, -0.2) is 26.2 Å². The van der Waals surface area contributed by atoms with Gasteiger partial charge >= 0.3 is 5.69 Å². The SMILES string of the molecule is O=[N+]([O-])c1cc(C=Nc2ccc3oc(-c4cc(Cl)ccc4Cl)nc3c2)c(O)c([N+](=O)[O-])c1. The van der Waals surface area contributed by atoms with Crippen LogP contribution in [0.1, 0.15) is 5.56 Å². The highest BCUT2D eigenvalue weighted by atomic mass is 35.5. The van der Waals surface area contributed by atoms with E-state index in [9.17, 15) is 25.3 Å². The van der Waals surface area contributed by atoms with Gasteiger partial charge in [0, 0.05) is 22.9 Å². The summed E-state index contributed by atoms with van der Waals surface area (Å²) in [4.78, 5) is 28.9. The van der Waals surface area contributed by atoms with Crippen LogP contribution < -0.4 is 0 Å². The summed E-state index contributed by atoms with van der Waals surface area (Å²) in [6.07, 6.45) is 1.09. The molecule has 0 aliphatic heterocycles. The van der Waals surface area contributed by atoms with Gasteiger partial charge in [0.15, 0.2) is 5.58 Å². The number of phenolic OH excluding ortho intramolecular Hbond substituents is 1. The lowest BCUT2D eigenvalue weighted by Crippen LogP contribution is -1.96. The highest BCUT2D eigenvalue weighted by Crippen LogP contribution is 2.35. The van der Waals surface area contributed by atoms with Crippen molar-refractivity contribution in [2.24, 2.45) is 4.99 Å². The van der Waals surface area contributed by atoms with E-state index in [0.29, 0.717) is 38.5 Å². The zero-order valence-electron chi connectivity index (χ0n) is 15.7. The van der Waals surface area contributed by atoms with Gasteiger partial charge in [-0.15, -0.1) is 0 Å². The van der Waals surface area contributed by atoms with E-state index in [1.54, 1.807) is 36.4 Å². The maximum Gasteiger partial charge on any atom is 0.318 e. The molecular weight excluding hydrogens is 463 g/mol. The Kier molecular flexibility index (Phi) is 5.47. The van der Waals surface area contributed by atoms with E-state index in [-0.39, 0.29) is 11.5 Å². The third-order valence-corrected chi connectivity index (χ3v) is 4.96. The number of nitrogens with zero attached hydrogens (tertiary/aromatic N) is 4. The minimum Gasteiger partial charge on any atom is -0.502 e. The molecule has 0 saturated heterocycles. The highest BCUT2D eigenvalue weighted by molar-refractivity contribution is 6.35. The lowest BCUT2D eigenvalue weighted by atomic mass is 10.1. The molecule has 32 heavy (non-hydrogen) atoms. The van der Waals surface area contributed by atoms with Gasteiger partial charge in [-0.3, -0.25) is 25.2 Å². The first-order valence-corrected chi connectivity index (χ1v) is 9.54. The number of oxazole rings is 1. The van der Waals surface area contributed by atoms with Crippen molar-refractivity contribution in [3.63, 3.8) is 0 Å². The minimum atomic E-state index is -0.913. The summed E-state index contributed by atoms with van der Waals surface area (Å²) in [6.45, 7) is 0. The summed E-state index contributed by atoms with van der Waals surface area (Å²) in [7, 11) is 0. The van der Waals surface area contributed by atoms with Gasteiger partial charge in [-0.25, -0.2) is 4.98 Å². The van der Waals surface area contributed by atoms with Gasteiger partial charge in [0.05, 0.1) is 32.2 Å². The molecule has 0 fully saturated rings. The van der Waals surface area contributed by atoms with Crippen molar-refractivity contribution in [3.05, 3.63) is 84.4 Å². The van der Waals surface area contributed by atoms with Gasteiger partial charge in [0.2, 0.25) is 11.6 Å². The summed E-state index contributed by atoms with van der Waals surface area (Å²) in [5.41, 5.74) is 0.236. The Morgan fingerprint density at radius 1 is 1.03 bits per heavy atom. The molecule has 0 amide bonds. The van der Waals surface area contributed by atoms with Gasteiger partial charge in [-0.2, -0.15) is 0 Å². The summed E-state index contributed by atoms with van der Waals surface area (Å²) < 4.78 is 5.71. The largest absolute Gasteiger partial charge is 0.502 e. The van der Waals surface area contributed by atoms with Crippen LogP contribution in [0.3, 0.4) is 0 Å². The molecule has 0 bridgehead atoms. The molecule has 0 saturated carbocycles. The van der Waals surface area contributed by atoms with Crippen molar-refractivity contribution in [3.8, 4) is 17.2 Å². The van der Waals surface area contributed by atoms with Crippen LogP contribution in [0.25, 0.3) is 22.6 Å². The molecule has 160 valence electrons. The number of hydrogen-bond acceptors (Lipinski definition) is 8. The van der Waals surface area contributed by atoms with Gasteiger partial charge < -0.3 is 9.52 Å². The average Bonchev–Trinajstić information content (AvgIpc) is 3.17. The molecule has 1 N–H and O–H groups in total. The summed E-state index contributed by atoms with van der Waals surface area (Å²) in [5, 5.41) is 33.1. The van der Waals surface area contributed by atoms with E-state index >= 15 is 0 Å². The monoisotopic (exact) mass is 472 g/mol. The molecule has 3 aromatic carbocycles. The first-order valence-electron chi connectivity index (χ1n) is 8.79. The molecule has 1 heterocycles. The zero-order chi connectivity index (χ0) is 23.0. The number of fused-ring (bicyclic) bond motifs is 1. The Labute approximate surface area is 188 Å². The molecule has 1 aromatic heterocycles. The van der Waals surface area contributed by atoms with Gasteiger partial charge in [0.25, 0.3) is 5.69 Å². The number of aromatic nitrogens is 1. The molecule has 0 aliphatic rings. The van der Waals surface area contributed by atoms with Crippen molar-refractivity contribution in [1.82, 2.24) is 4.98 Å². The van der Waals surface area contributed by atoms with Crippen molar-refractivity contribution in [2.45, 2.75) is 0 Å². The number of phenols is 1.